The van der Waals surface area contributed by atoms with Crippen LogP contribution in [0.25, 0.3) is 32.9 Å². The smallest absolute Gasteiger partial charge is 0.410 e. The molecule has 2 aromatic carbocycles. The van der Waals surface area contributed by atoms with Gasteiger partial charge >= 0.3 is 18.3 Å². The van der Waals surface area contributed by atoms with Gasteiger partial charge < -0.3 is 28.7 Å². The molecule has 4 aliphatic rings. The van der Waals surface area contributed by atoms with Gasteiger partial charge in [-0.15, -0.1) is 6.42 Å². The van der Waals surface area contributed by atoms with Crippen LogP contribution < -0.4 is 14.4 Å². The fraction of sp³-hybridized carbons (Fsp3) is 0.524. The van der Waals surface area contributed by atoms with Crippen molar-refractivity contribution in [2.45, 2.75) is 82.7 Å². The number of anilines is 1. The highest BCUT2D eigenvalue weighted by molar-refractivity contribution is 6.03. The Balaban J connectivity index is 1.25. The second-order valence-corrected chi connectivity index (χ2v) is 16.7. The van der Waals surface area contributed by atoms with Crippen molar-refractivity contribution in [2.75, 3.05) is 58.1 Å². The molecule has 11 nitrogen and oxygen atoms in total. The molecular weight excluding hydrogens is 763 g/mol. The van der Waals surface area contributed by atoms with Crippen LogP contribution in [-0.4, -0.2) is 107 Å². The first-order chi connectivity index (χ1) is 27.6. The monoisotopic (exact) mass is 808 g/mol. The molecule has 2 aromatic heterocycles. The maximum absolute atomic E-state index is 17.5. The predicted molar refractivity (Wildman–Crippen MR) is 206 cm³/mol. The molecule has 308 valence electrons. The molecule has 8 rings (SSSR count). The third-order valence-corrected chi connectivity index (χ3v) is 11.6. The number of hydrogen-bond donors (Lipinski definition) is 0. The van der Waals surface area contributed by atoms with Crippen molar-refractivity contribution in [3.05, 3.63) is 47.2 Å². The number of methoxy groups -OCH3 is 1. The van der Waals surface area contributed by atoms with Crippen LogP contribution in [0.3, 0.4) is 0 Å². The minimum atomic E-state index is -4.28. The van der Waals surface area contributed by atoms with Crippen LogP contribution in [0.2, 0.25) is 0 Å². The number of terminal acetylenes is 1. The molecule has 0 N–H and O–H groups in total. The molecule has 0 aliphatic carbocycles. The third kappa shape index (κ3) is 7.54. The van der Waals surface area contributed by atoms with Gasteiger partial charge in [-0.1, -0.05) is 12.0 Å². The summed E-state index contributed by atoms with van der Waals surface area (Å²) in [5.74, 6) is 1.03. The lowest BCUT2D eigenvalue weighted by atomic mass is 9.89. The number of benzene rings is 2. The Kier molecular flexibility index (Phi) is 10.3. The quantitative estimate of drug-likeness (QED) is 0.100. The Bertz CT molecular complexity index is 2310. The normalized spacial score (nSPS) is 22.1. The van der Waals surface area contributed by atoms with E-state index in [0.717, 1.165) is 6.42 Å². The number of aryl methyl sites for hydroxylation is 1. The number of amides is 1. The zero-order valence-electron chi connectivity index (χ0n) is 32.8. The first-order valence-corrected chi connectivity index (χ1v) is 19.5. The van der Waals surface area contributed by atoms with Crippen molar-refractivity contribution in [1.29, 1.82) is 0 Å². The number of hydrogen-bond acceptors (Lipinski definition) is 10. The summed E-state index contributed by atoms with van der Waals surface area (Å²) in [5.41, 5.74) is -1.00. The van der Waals surface area contributed by atoms with Gasteiger partial charge in [-0.25, -0.2) is 18.6 Å². The van der Waals surface area contributed by atoms with Crippen molar-refractivity contribution in [2.24, 2.45) is 5.92 Å². The summed E-state index contributed by atoms with van der Waals surface area (Å²) in [5, 5.41) is 1.11. The average Bonchev–Trinajstić information content (AvgIpc) is 3.65. The number of pyridine rings is 1. The standard InChI is InChI=1S/C42H45F5N6O5/c1-6-28-30(43)10-8-25-16-27(57-23-55-5)17-29(32(25)28)35-34(44)36-33-31(48-35)11-9-26-21-51(39(54)58-40(2,3)4)14-15-53(26)37(33)50-38(49-36)56-22-41-12-7-13-52(41)20-24(18-41)19-42(45,46)47/h1,8,10,16-17,24,26H,7,9,11-15,18-23H2,2-5H3/t24-,26-,41-/m1/s1. The van der Waals surface area contributed by atoms with E-state index in [1.165, 1.54) is 25.3 Å². The third-order valence-electron chi connectivity index (χ3n) is 11.6. The first-order valence-electron chi connectivity index (χ1n) is 19.5. The Morgan fingerprint density at radius 1 is 1.03 bits per heavy atom. The summed E-state index contributed by atoms with van der Waals surface area (Å²) >= 11 is 0. The minimum Gasteiger partial charge on any atom is -0.468 e. The van der Waals surface area contributed by atoms with Crippen molar-refractivity contribution < 1.29 is 45.7 Å². The van der Waals surface area contributed by atoms with Gasteiger partial charge in [0.1, 0.15) is 40.8 Å². The molecule has 0 saturated carbocycles. The van der Waals surface area contributed by atoms with Gasteiger partial charge in [0, 0.05) is 56.7 Å². The van der Waals surface area contributed by atoms with Gasteiger partial charge in [0.15, 0.2) is 12.6 Å². The van der Waals surface area contributed by atoms with E-state index in [1.54, 1.807) is 31.7 Å². The minimum absolute atomic E-state index is 0.0168. The van der Waals surface area contributed by atoms with Crippen LogP contribution >= 0.6 is 0 Å². The SMILES string of the molecule is C#Cc1c(F)ccc2cc(OCOC)cc(-c3nc4c5c(nc(OC[C@]67CCCN6C[C@@H](CC(F)(F)F)C7)nc5c3F)N3CCN(C(=O)OC(C)(C)C)C[C@H]3CC4)c12. The number of rotatable bonds is 8. The van der Waals surface area contributed by atoms with Gasteiger partial charge in [0.05, 0.1) is 22.2 Å². The Morgan fingerprint density at radius 2 is 1.84 bits per heavy atom. The second kappa shape index (κ2) is 15.0. The lowest BCUT2D eigenvalue weighted by Crippen LogP contribution is -2.55. The molecule has 0 spiro atoms. The maximum atomic E-state index is 17.5. The maximum Gasteiger partial charge on any atom is 0.410 e. The number of carbonyl (C=O) groups excluding carboxylic acids is 1. The molecule has 3 atom stereocenters. The van der Waals surface area contributed by atoms with Gasteiger partial charge in [-0.2, -0.15) is 23.1 Å². The molecule has 1 amide bonds. The second-order valence-electron chi connectivity index (χ2n) is 16.7. The lowest BCUT2D eigenvalue weighted by Gasteiger charge is -2.41. The van der Waals surface area contributed by atoms with Gasteiger partial charge in [-0.3, -0.25) is 4.90 Å². The van der Waals surface area contributed by atoms with Crippen molar-refractivity contribution in [3.8, 4) is 35.4 Å². The van der Waals surface area contributed by atoms with E-state index >= 15 is 8.78 Å². The van der Waals surface area contributed by atoms with Crippen molar-refractivity contribution >= 4 is 33.6 Å². The molecule has 0 radical (unpaired) electrons. The molecule has 0 bridgehead atoms. The molecule has 16 heteroatoms. The molecule has 6 heterocycles. The molecule has 3 saturated heterocycles. The first kappa shape index (κ1) is 39.8. The molecular formula is C42H45F5N6O5. The summed E-state index contributed by atoms with van der Waals surface area (Å²) < 4.78 is 96.2. The number of halogens is 5. The average molecular weight is 809 g/mol. The van der Waals surface area contributed by atoms with E-state index in [-0.39, 0.29) is 53.2 Å². The van der Waals surface area contributed by atoms with Crippen LogP contribution in [0, 0.1) is 29.9 Å². The molecule has 4 aliphatic heterocycles. The molecule has 0 unspecified atom stereocenters. The van der Waals surface area contributed by atoms with Crippen LogP contribution in [0.15, 0.2) is 24.3 Å². The zero-order chi connectivity index (χ0) is 41.1. The Morgan fingerprint density at radius 3 is 2.59 bits per heavy atom. The van der Waals surface area contributed by atoms with Crippen molar-refractivity contribution in [3.63, 3.8) is 0 Å². The predicted octanol–water partition coefficient (Wildman–Crippen LogP) is 7.64. The highest BCUT2D eigenvalue weighted by Crippen LogP contribution is 2.46. The van der Waals surface area contributed by atoms with E-state index in [9.17, 15) is 18.0 Å². The molecule has 58 heavy (non-hydrogen) atoms. The fourth-order valence-corrected chi connectivity index (χ4v) is 9.27. The van der Waals surface area contributed by atoms with Gasteiger partial charge in [0.2, 0.25) is 0 Å². The lowest BCUT2D eigenvalue weighted by molar-refractivity contribution is -0.143. The Hall–Kier alpha value is -5.01. The summed E-state index contributed by atoms with van der Waals surface area (Å²) in [6.07, 6.45) is 2.83. The number of ether oxygens (including phenoxy) is 4. The number of aromatic nitrogens is 3. The summed E-state index contributed by atoms with van der Waals surface area (Å²) in [4.78, 5) is 33.4. The van der Waals surface area contributed by atoms with Gasteiger partial charge in [-0.05, 0) is 88.9 Å². The number of fused-ring (bicyclic) bond motifs is 4. The topological polar surface area (TPSA) is 102 Å². The highest BCUT2D eigenvalue weighted by Gasteiger charge is 2.51. The number of piperazine rings is 1. The summed E-state index contributed by atoms with van der Waals surface area (Å²) in [6, 6.07) is 5.54. The van der Waals surface area contributed by atoms with E-state index in [0.29, 0.717) is 86.4 Å². The Labute approximate surface area is 332 Å². The van der Waals surface area contributed by atoms with E-state index < -0.39 is 47.4 Å². The summed E-state index contributed by atoms with van der Waals surface area (Å²) in [6.45, 7) is 7.21. The van der Waals surface area contributed by atoms with Crippen LogP contribution in [0.5, 0.6) is 11.8 Å². The number of nitrogens with zero attached hydrogens (tertiary/aromatic N) is 6. The number of carbonyl (C=O) groups is 1. The van der Waals surface area contributed by atoms with E-state index in [1.807, 2.05) is 4.90 Å². The number of alkyl halides is 3. The summed E-state index contributed by atoms with van der Waals surface area (Å²) in [7, 11) is 1.46. The van der Waals surface area contributed by atoms with E-state index in [2.05, 4.69) is 15.8 Å². The highest BCUT2D eigenvalue weighted by atomic mass is 19.4. The zero-order valence-corrected chi connectivity index (χ0v) is 32.8. The van der Waals surface area contributed by atoms with Crippen LogP contribution in [-0.2, 0) is 15.9 Å². The fourth-order valence-electron chi connectivity index (χ4n) is 9.27. The largest absolute Gasteiger partial charge is 0.468 e. The molecule has 3 fully saturated rings. The molecule has 4 aromatic rings. The van der Waals surface area contributed by atoms with Crippen LogP contribution in [0.4, 0.5) is 32.6 Å². The van der Waals surface area contributed by atoms with Gasteiger partial charge in [0.25, 0.3) is 0 Å². The van der Waals surface area contributed by atoms with Crippen LogP contribution in [0.1, 0.15) is 64.1 Å². The van der Waals surface area contributed by atoms with Crippen molar-refractivity contribution in [1.82, 2.24) is 24.8 Å². The van der Waals surface area contributed by atoms with E-state index in [4.69, 9.17) is 35.3 Å².